The molecule has 2 heterocycles. The minimum absolute atomic E-state index is 0.281. The van der Waals surface area contributed by atoms with Crippen molar-refractivity contribution in [1.29, 1.82) is 0 Å². The Balaban J connectivity index is 0.00000127. The number of fused-ring (bicyclic) bond motifs is 13. The predicted octanol–water partition coefficient (Wildman–Crippen LogP) is 15.7. The molecule has 0 aromatic heterocycles. The summed E-state index contributed by atoms with van der Waals surface area (Å²) in [5.41, 5.74) is 15.5. The van der Waals surface area contributed by atoms with Crippen LogP contribution in [0.3, 0.4) is 0 Å². The van der Waals surface area contributed by atoms with Gasteiger partial charge in [-0.25, -0.2) is 19.2 Å². The van der Waals surface area contributed by atoms with Gasteiger partial charge in [-0.2, -0.15) is 0 Å². The van der Waals surface area contributed by atoms with Crippen LogP contribution in [0, 0.1) is 51.4 Å². The molecule has 8 N–H and O–H groups in total. The molecular weight excluding hydrogens is 945 g/mol. The highest BCUT2D eigenvalue weighted by Gasteiger charge is 2.31. The summed E-state index contributed by atoms with van der Waals surface area (Å²) < 4.78 is 0. The minimum atomic E-state index is -0.392. The highest BCUT2D eigenvalue weighted by molar-refractivity contribution is 6.01. The molecule has 4 bridgehead atoms. The van der Waals surface area contributed by atoms with E-state index in [1.54, 1.807) is 24.3 Å². The Morgan fingerprint density at radius 3 is 0.684 bits per heavy atom. The van der Waals surface area contributed by atoms with E-state index in [4.69, 9.17) is 0 Å². The van der Waals surface area contributed by atoms with Gasteiger partial charge < -0.3 is 42.5 Å². The Kier molecular flexibility index (Phi) is 21.7. The fraction of sp³-hybridized carbons (Fsp3) is 0.438. The Labute approximate surface area is 454 Å². The molecule has 0 saturated carbocycles. The number of amides is 8. The summed E-state index contributed by atoms with van der Waals surface area (Å²) in [5, 5.41) is 28.9. The van der Waals surface area contributed by atoms with Gasteiger partial charge >= 0.3 is 24.1 Å². The van der Waals surface area contributed by atoms with Crippen molar-refractivity contribution in [2.24, 2.45) is 23.7 Å². The summed E-state index contributed by atoms with van der Waals surface area (Å²) in [6.45, 7) is 34.6. The van der Waals surface area contributed by atoms with Gasteiger partial charge in [-0.05, 0) is 190 Å². The zero-order chi connectivity index (χ0) is 56.0. The second-order valence-corrected chi connectivity index (χ2v) is 19.8. The highest BCUT2D eigenvalue weighted by atomic mass is 16.2. The normalized spacial score (nSPS) is 18.5. The lowest BCUT2D eigenvalue weighted by Gasteiger charge is -2.33. The van der Waals surface area contributed by atoms with E-state index in [1.807, 2.05) is 79.7 Å². The smallest absolute Gasteiger partial charge is 0.319 e. The summed E-state index contributed by atoms with van der Waals surface area (Å²) in [4.78, 5) is 55.7. The fourth-order valence-electron chi connectivity index (χ4n) is 10.6. The maximum Gasteiger partial charge on any atom is 0.319 e. The number of nitrogens with one attached hydrogen (secondary N) is 8. The highest BCUT2D eigenvalue weighted by Crippen LogP contribution is 2.42. The lowest BCUT2D eigenvalue weighted by atomic mass is 9.72. The van der Waals surface area contributed by atoms with Crippen LogP contribution in [0.4, 0.5) is 41.9 Å². The number of benzene rings is 6. The zero-order valence-electron chi connectivity index (χ0n) is 48.5. The van der Waals surface area contributed by atoms with Gasteiger partial charge in [-0.15, -0.1) is 0 Å². The van der Waals surface area contributed by atoms with E-state index < -0.39 is 24.1 Å². The van der Waals surface area contributed by atoms with E-state index in [1.165, 1.54) is 22.3 Å². The zero-order valence-corrected chi connectivity index (χ0v) is 48.5. The molecule has 12 nitrogen and oxygen atoms in total. The van der Waals surface area contributed by atoms with E-state index in [2.05, 4.69) is 122 Å². The van der Waals surface area contributed by atoms with Crippen LogP contribution in [0.25, 0.3) is 21.5 Å². The van der Waals surface area contributed by atoms with Crippen LogP contribution in [-0.4, -0.2) is 24.1 Å². The molecular formula is C64H88N8O4. The van der Waals surface area contributed by atoms with Gasteiger partial charge in [0.2, 0.25) is 0 Å². The lowest BCUT2D eigenvalue weighted by molar-refractivity contribution is 0.250. The number of hydrogen-bond donors (Lipinski definition) is 8. The van der Waals surface area contributed by atoms with Gasteiger partial charge in [-0.1, -0.05) is 132 Å². The van der Waals surface area contributed by atoms with Crippen molar-refractivity contribution in [3.05, 3.63) is 140 Å². The van der Waals surface area contributed by atoms with Crippen LogP contribution in [0.15, 0.2) is 72.8 Å². The van der Waals surface area contributed by atoms with E-state index in [9.17, 15) is 19.2 Å². The second-order valence-electron chi connectivity index (χ2n) is 19.8. The number of carbonyl (C=O) groups is 4. The molecule has 0 saturated heterocycles. The quantitative estimate of drug-likeness (QED) is 0.0760. The molecule has 6 aromatic rings. The molecule has 6 aromatic carbocycles. The number of rotatable bonds is 0. The van der Waals surface area contributed by atoms with Crippen molar-refractivity contribution < 1.29 is 19.2 Å². The molecule has 2 unspecified atom stereocenters. The first-order valence-electron chi connectivity index (χ1n) is 28.1. The summed E-state index contributed by atoms with van der Waals surface area (Å²) in [6.07, 6.45) is 3.33. The van der Waals surface area contributed by atoms with Crippen molar-refractivity contribution in [1.82, 2.24) is 21.3 Å². The third kappa shape index (κ3) is 13.5. The van der Waals surface area contributed by atoms with Crippen molar-refractivity contribution in [2.45, 2.75) is 163 Å². The third-order valence-electron chi connectivity index (χ3n) is 15.4. The fourth-order valence-corrected chi connectivity index (χ4v) is 10.6. The monoisotopic (exact) mass is 1030 g/mol. The molecule has 0 spiro atoms. The van der Waals surface area contributed by atoms with Crippen molar-refractivity contribution in [3.8, 4) is 0 Å². The summed E-state index contributed by atoms with van der Waals surface area (Å²) >= 11 is 0. The van der Waals surface area contributed by atoms with Crippen LogP contribution >= 0.6 is 0 Å². The molecule has 4 atom stereocenters. The van der Waals surface area contributed by atoms with Crippen molar-refractivity contribution in [2.75, 3.05) is 21.3 Å². The predicted molar refractivity (Wildman–Crippen MR) is 320 cm³/mol. The number of urea groups is 4. The van der Waals surface area contributed by atoms with Crippen molar-refractivity contribution >= 4 is 68.4 Å². The first-order valence-corrected chi connectivity index (χ1v) is 28.1. The summed E-state index contributed by atoms with van der Waals surface area (Å²) in [7, 11) is 0. The van der Waals surface area contributed by atoms with E-state index in [0.29, 0.717) is 46.4 Å². The molecule has 0 radical (unpaired) electrons. The topological polar surface area (TPSA) is 165 Å². The van der Waals surface area contributed by atoms with Gasteiger partial charge in [0.25, 0.3) is 0 Å². The first-order chi connectivity index (χ1) is 36.6. The van der Waals surface area contributed by atoms with Gasteiger partial charge in [0, 0.05) is 26.2 Å². The Morgan fingerprint density at radius 1 is 0.316 bits per heavy atom. The molecule has 4 aliphatic rings. The number of hydrogen-bond acceptors (Lipinski definition) is 4. The average Bonchev–Trinajstić information content (AvgIpc) is 3.50. The van der Waals surface area contributed by atoms with Gasteiger partial charge in [0.05, 0.1) is 22.7 Å². The number of anilines is 4. The molecule has 0 fully saturated rings. The Bertz CT molecular complexity index is 2630. The van der Waals surface area contributed by atoms with Crippen LogP contribution < -0.4 is 42.5 Å². The minimum Gasteiger partial charge on any atom is -0.334 e. The molecule has 408 valence electrons. The maximum absolute atomic E-state index is 13.9. The van der Waals surface area contributed by atoms with E-state index >= 15 is 0 Å². The number of para-hydroxylation sites is 4. The summed E-state index contributed by atoms with van der Waals surface area (Å²) in [6, 6.07) is 21.7. The molecule has 2 aliphatic carbocycles. The number of aryl methyl sites for hydroxylation is 4. The molecule has 2 aliphatic heterocycles. The molecule has 12 heteroatoms. The van der Waals surface area contributed by atoms with Gasteiger partial charge in [0.1, 0.15) is 0 Å². The van der Waals surface area contributed by atoms with E-state index in [0.717, 1.165) is 91.7 Å². The number of carbonyl (C=O) groups excluding carboxylic acids is 4. The molecule has 76 heavy (non-hydrogen) atoms. The van der Waals surface area contributed by atoms with Crippen LogP contribution in [0.2, 0.25) is 0 Å². The van der Waals surface area contributed by atoms with Crippen LogP contribution in [0.5, 0.6) is 0 Å². The largest absolute Gasteiger partial charge is 0.334 e. The molecule has 10 rings (SSSR count). The average molecular weight is 1030 g/mol. The van der Waals surface area contributed by atoms with E-state index in [-0.39, 0.29) is 26.2 Å². The van der Waals surface area contributed by atoms with Gasteiger partial charge in [-0.3, -0.25) is 0 Å². The maximum atomic E-state index is 13.9. The van der Waals surface area contributed by atoms with Crippen molar-refractivity contribution in [3.63, 3.8) is 0 Å². The van der Waals surface area contributed by atoms with Crippen LogP contribution in [0.1, 0.15) is 150 Å². The van der Waals surface area contributed by atoms with Gasteiger partial charge in [0.15, 0.2) is 0 Å². The summed E-state index contributed by atoms with van der Waals surface area (Å²) in [5.74, 6) is 1.63. The van der Waals surface area contributed by atoms with Crippen LogP contribution in [-0.2, 0) is 51.9 Å². The molecule has 8 amide bonds. The third-order valence-corrected chi connectivity index (χ3v) is 15.4. The SMILES string of the molecule is CC.CC.CC.CC.Cc1cc2c3c4c(c(c2cc1C)CNC(=O)Nc1ccccc1NC(=O)NCc1c2c(c(c5cc(C)c(C)cc15)CNC(=O)Nc1ccccc1NC(=O)NC3)CC(C)[C@@H](C)C2)C[C@H](C)C(C)C4. The standard InChI is InChI=1S/C56H64N8O4.4C2H6/c1-29-17-37-38(18-30(29)2)46-26-58-54(66)62-51-15-11-12-16-52(51)64-56(68)60-28-48-43-23-35(7)33(5)21-41(43)47(42-22-34(6)36(8)24-44(42)48)27-59-55(67)63-50-14-10-9-13-49(50)61-53(65)57-25-45(37)39-19-31(3)32(4)20-40(39)46;4*1-2/h9-18,21,23,31-32,34,36H,19-20,22,24-28H2,1-8H3,(H2,57,61,65)(H2,58,62,66)(H2,59,63,67)(H2,60,64,68);4*1-2H3/t31-,32?,34-,36?;;;;/m0..../s1. The first kappa shape index (κ1) is 59.8. The Hall–Kier alpha value is -7.08. The Morgan fingerprint density at radius 2 is 0.500 bits per heavy atom. The lowest BCUT2D eigenvalue weighted by Crippen LogP contribution is -2.34. The second kappa shape index (κ2) is 27.6.